The number of phenols is 1. The van der Waals surface area contributed by atoms with Crippen molar-refractivity contribution in [1.29, 1.82) is 0 Å². The number of hydrogen-bond donors (Lipinski definition) is 5. The van der Waals surface area contributed by atoms with Crippen LogP contribution in [-0.4, -0.2) is 89.7 Å². The molecule has 1 aromatic carbocycles. The Labute approximate surface area is 215 Å². The van der Waals surface area contributed by atoms with E-state index in [9.17, 15) is 30.0 Å². The first kappa shape index (κ1) is 26.9. The number of phenolic OH excluding ortho intramolecular Hbond substituents is 1. The maximum atomic E-state index is 14.0. The monoisotopic (exact) mass is 517 g/mol. The van der Waals surface area contributed by atoms with Gasteiger partial charge in [0.2, 0.25) is 5.79 Å². The minimum Gasteiger partial charge on any atom is -0.510 e. The molecule has 1 saturated heterocycles. The van der Waals surface area contributed by atoms with E-state index in [-0.39, 0.29) is 29.9 Å². The van der Waals surface area contributed by atoms with Crippen molar-refractivity contribution < 1.29 is 39.5 Å². The van der Waals surface area contributed by atoms with Gasteiger partial charge in [-0.3, -0.25) is 14.5 Å². The third kappa shape index (κ3) is 3.71. The number of methoxy groups -OCH3 is 1. The Morgan fingerprint density at radius 3 is 2.43 bits per heavy atom. The van der Waals surface area contributed by atoms with Crippen LogP contribution in [0.3, 0.4) is 0 Å². The van der Waals surface area contributed by atoms with Crippen molar-refractivity contribution in [1.82, 2.24) is 4.90 Å². The largest absolute Gasteiger partial charge is 0.510 e. The van der Waals surface area contributed by atoms with Crippen molar-refractivity contribution in [2.75, 3.05) is 40.2 Å². The van der Waals surface area contributed by atoms with Crippen molar-refractivity contribution in [3.63, 3.8) is 0 Å². The number of rotatable bonds is 7. The van der Waals surface area contributed by atoms with Crippen LogP contribution >= 0.6 is 0 Å². The normalized spacial score (nSPS) is 30.2. The van der Waals surface area contributed by atoms with Crippen LogP contribution in [0, 0.1) is 5.92 Å². The number of nitrogens with zero attached hydrogens (tertiary/aromatic N) is 2. The summed E-state index contributed by atoms with van der Waals surface area (Å²) in [5.74, 6) is -5.77. The van der Waals surface area contributed by atoms with Gasteiger partial charge in [-0.1, -0.05) is 6.92 Å². The maximum Gasteiger partial charge on any atom is 0.253 e. The number of ketones is 1. The van der Waals surface area contributed by atoms with Crippen molar-refractivity contribution in [2.45, 2.75) is 50.2 Å². The number of amides is 1. The number of allylic oxidation sites excluding steroid dienone is 1. The van der Waals surface area contributed by atoms with Gasteiger partial charge in [0.15, 0.2) is 11.4 Å². The molecule has 0 radical (unpaired) electrons. The molecule has 4 rings (SSSR count). The molecule has 2 aliphatic carbocycles. The Bertz CT molecular complexity index is 1240. The number of aliphatic hydroxyl groups excluding tert-OH is 2. The summed E-state index contributed by atoms with van der Waals surface area (Å²) in [6.07, 6.45) is 0.664. The fourth-order valence-electron chi connectivity index (χ4n) is 5.80. The molecule has 0 aromatic heterocycles. The van der Waals surface area contributed by atoms with Crippen LogP contribution in [0.25, 0.3) is 0 Å². The SMILES string of the molecule is CCC1Cc2c(N(C)C)cc(COC)c(O)c2C(=O)/C1=C(\O)[C@@]12C[C@H](N(C)C)C(O)=C(C(N)=O)C1(O)O2. The second kappa shape index (κ2) is 9.02. The number of anilines is 1. The lowest BCUT2D eigenvalue weighted by Crippen LogP contribution is -2.48. The predicted molar refractivity (Wildman–Crippen MR) is 134 cm³/mol. The first-order valence-electron chi connectivity index (χ1n) is 12.1. The standard InChI is InChI=1S/C26H35N3O8/c1-7-12-8-14-15(28(2)3)9-13(11-36-6)20(30)18(14)22(32)17(12)23(33)25-10-16(29(4)5)21(31)19(24(27)34)26(25,35)37-25/h9,12,16,30-31,33,35H,7-8,10-11H2,1-6H3,(H2,27,34)/b23-17-/t12?,16-,25-,26?/m0/s1. The molecule has 1 aromatic rings. The third-order valence-corrected chi connectivity index (χ3v) is 7.79. The zero-order valence-electron chi connectivity index (χ0n) is 22.0. The lowest BCUT2D eigenvalue weighted by Gasteiger charge is -2.35. The molecule has 37 heavy (non-hydrogen) atoms. The van der Waals surface area contributed by atoms with Crippen molar-refractivity contribution in [3.05, 3.63) is 45.4 Å². The van der Waals surface area contributed by atoms with Gasteiger partial charge in [0.05, 0.1) is 18.2 Å². The van der Waals surface area contributed by atoms with Crippen LogP contribution in [0.1, 0.15) is 41.3 Å². The van der Waals surface area contributed by atoms with Crippen molar-refractivity contribution in [2.24, 2.45) is 11.7 Å². The summed E-state index contributed by atoms with van der Waals surface area (Å²) in [7, 11) is 8.46. The van der Waals surface area contributed by atoms with Crippen molar-refractivity contribution in [3.8, 4) is 5.75 Å². The maximum absolute atomic E-state index is 14.0. The zero-order chi connectivity index (χ0) is 27.6. The number of aliphatic hydroxyl groups is 3. The predicted octanol–water partition coefficient (Wildman–Crippen LogP) is 1.27. The number of Topliss-reactive ketones (excluding diaryl/α,β-unsaturated/α-hetero) is 1. The summed E-state index contributed by atoms with van der Waals surface area (Å²) in [5.41, 5.74) is 4.92. The van der Waals surface area contributed by atoms with E-state index in [1.54, 1.807) is 25.1 Å². The molecular weight excluding hydrogens is 482 g/mol. The van der Waals surface area contributed by atoms with Gasteiger partial charge in [-0.05, 0) is 44.5 Å². The van der Waals surface area contributed by atoms with E-state index < -0.39 is 52.1 Å². The smallest absolute Gasteiger partial charge is 0.253 e. The quantitative estimate of drug-likeness (QED) is 0.202. The highest BCUT2D eigenvalue weighted by Crippen LogP contribution is 2.62. The minimum atomic E-state index is -2.39. The highest BCUT2D eigenvalue weighted by Gasteiger charge is 2.79. The number of carbonyl (C=O) groups excluding carboxylic acids is 2. The molecule has 202 valence electrons. The van der Waals surface area contributed by atoms with Crippen LogP contribution < -0.4 is 10.6 Å². The molecular formula is C26H35N3O8. The number of fused-ring (bicyclic) bond motifs is 2. The van der Waals surface area contributed by atoms with Gasteiger partial charge >= 0.3 is 0 Å². The summed E-state index contributed by atoms with van der Waals surface area (Å²) in [6, 6.07) is 0.963. The summed E-state index contributed by atoms with van der Waals surface area (Å²) >= 11 is 0. The highest BCUT2D eigenvalue weighted by molar-refractivity contribution is 6.14. The first-order chi connectivity index (χ1) is 17.3. The molecule has 1 heterocycles. The fraction of sp³-hybridized carbons (Fsp3) is 0.538. The van der Waals surface area contributed by atoms with Gasteiger partial charge in [0.1, 0.15) is 22.8 Å². The lowest BCUT2D eigenvalue weighted by atomic mass is 9.72. The molecule has 1 amide bonds. The summed E-state index contributed by atoms with van der Waals surface area (Å²) < 4.78 is 10.9. The second-order valence-corrected chi connectivity index (χ2v) is 10.4. The van der Waals surface area contributed by atoms with Crippen LogP contribution in [0.4, 0.5) is 5.69 Å². The fourth-order valence-corrected chi connectivity index (χ4v) is 5.80. The Morgan fingerprint density at radius 1 is 1.27 bits per heavy atom. The number of hydrogen-bond acceptors (Lipinski definition) is 10. The molecule has 0 spiro atoms. The van der Waals surface area contributed by atoms with E-state index in [2.05, 4.69) is 0 Å². The Kier molecular flexibility index (Phi) is 6.56. The number of primary amides is 1. The molecule has 1 aliphatic heterocycles. The number of aromatic hydroxyl groups is 1. The molecule has 11 nitrogen and oxygen atoms in total. The summed E-state index contributed by atoms with van der Waals surface area (Å²) in [4.78, 5) is 29.7. The van der Waals surface area contributed by atoms with E-state index in [0.29, 0.717) is 24.0 Å². The summed E-state index contributed by atoms with van der Waals surface area (Å²) in [6.45, 7) is 1.94. The number of nitrogens with two attached hydrogens (primary N) is 1. The average Bonchev–Trinajstić information content (AvgIpc) is 3.44. The first-order valence-corrected chi connectivity index (χ1v) is 12.1. The number of benzene rings is 1. The number of carbonyl (C=O) groups is 2. The molecule has 1 fully saturated rings. The molecule has 4 atom stereocenters. The summed E-state index contributed by atoms with van der Waals surface area (Å²) in [5, 5.41) is 44.8. The topological polar surface area (TPSA) is 169 Å². The van der Waals surface area contributed by atoms with Crippen molar-refractivity contribution >= 4 is 17.4 Å². The molecule has 2 unspecified atom stereocenters. The zero-order valence-corrected chi connectivity index (χ0v) is 22.0. The number of ether oxygens (including phenoxy) is 2. The lowest BCUT2D eigenvalue weighted by molar-refractivity contribution is -0.117. The number of likely N-dealkylation sites (N-methyl/N-ethyl adjacent to an activating group) is 1. The van der Waals surface area contributed by atoms with Gasteiger partial charge in [-0.15, -0.1) is 0 Å². The van der Waals surface area contributed by atoms with Gasteiger partial charge in [-0.25, -0.2) is 0 Å². The molecule has 11 heteroatoms. The second-order valence-electron chi connectivity index (χ2n) is 10.4. The van der Waals surface area contributed by atoms with Gasteiger partial charge < -0.3 is 40.5 Å². The minimum absolute atomic E-state index is 0.0109. The van der Waals surface area contributed by atoms with E-state index in [4.69, 9.17) is 15.2 Å². The Hall–Kier alpha value is -3.12. The highest BCUT2D eigenvalue weighted by atomic mass is 16.8. The van der Waals surface area contributed by atoms with Gasteiger partial charge in [0, 0.05) is 44.4 Å². The van der Waals surface area contributed by atoms with Crippen LogP contribution in [-0.2, 0) is 27.3 Å². The molecule has 6 N–H and O–H groups in total. The average molecular weight is 518 g/mol. The van der Waals surface area contributed by atoms with E-state index in [1.807, 2.05) is 25.9 Å². The molecule has 3 aliphatic rings. The Morgan fingerprint density at radius 2 is 1.92 bits per heavy atom. The van der Waals surface area contributed by atoms with E-state index in [1.165, 1.54) is 7.11 Å². The van der Waals surface area contributed by atoms with Crippen LogP contribution in [0.5, 0.6) is 5.75 Å². The third-order valence-electron chi connectivity index (χ3n) is 7.79. The van der Waals surface area contributed by atoms with E-state index in [0.717, 1.165) is 5.69 Å². The number of epoxide rings is 1. The van der Waals surface area contributed by atoms with Crippen LogP contribution in [0.2, 0.25) is 0 Å². The van der Waals surface area contributed by atoms with Gasteiger partial charge in [0.25, 0.3) is 5.91 Å². The molecule has 0 saturated carbocycles. The molecule has 0 bridgehead atoms. The van der Waals surface area contributed by atoms with E-state index >= 15 is 0 Å². The Balaban J connectivity index is 1.95. The van der Waals surface area contributed by atoms with Crippen LogP contribution in [0.15, 0.2) is 28.7 Å². The van der Waals surface area contributed by atoms with Gasteiger partial charge in [-0.2, -0.15) is 0 Å².